The second-order valence-electron chi connectivity index (χ2n) is 2.90. The molecule has 0 unspecified atom stereocenters. The highest BCUT2D eigenvalue weighted by atomic mass is 79.9. The molecular formula is C6H14BrNO2S. The van der Waals surface area contributed by atoms with Gasteiger partial charge in [0, 0.05) is 13.6 Å². The Morgan fingerprint density at radius 2 is 1.91 bits per heavy atom. The number of hydrogen-bond donors (Lipinski definition) is 0. The molecule has 0 bridgehead atoms. The van der Waals surface area contributed by atoms with Crippen molar-refractivity contribution in [1.82, 2.24) is 4.31 Å². The first-order chi connectivity index (χ1) is 4.90. The highest BCUT2D eigenvalue weighted by Gasteiger charge is 2.16. The van der Waals surface area contributed by atoms with Crippen LogP contribution in [0.4, 0.5) is 0 Å². The number of halogens is 1. The summed E-state index contributed by atoms with van der Waals surface area (Å²) in [5.74, 6) is 0.369. The van der Waals surface area contributed by atoms with Crippen molar-refractivity contribution in [2.75, 3.05) is 18.3 Å². The molecule has 0 rings (SSSR count). The third-order valence-electron chi connectivity index (χ3n) is 1.24. The van der Waals surface area contributed by atoms with Crippen LogP contribution in [-0.2, 0) is 10.0 Å². The van der Waals surface area contributed by atoms with Crippen LogP contribution in [0.25, 0.3) is 0 Å². The Morgan fingerprint density at radius 3 is 2.18 bits per heavy atom. The summed E-state index contributed by atoms with van der Waals surface area (Å²) in [7, 11) is -1.45. The second-order valence-corrected chi connectivity index (χ2v) is 6.27. The highest BCUT2D eigenvalue weighted by molar-refractivity contribution is 9.10. The first-order valence-electron chi connectivity index (χ1n) is 3.40. The third kappa shape index (κ3) is 4.08. The first-order valence-corrected chi connectivity index (χ1v) is 6.13. The van der Waals surface area contributed by atoms with Gasteiger partial charge in [-0.25, -0.2) is 12.7 Å². The van der Waals surface area contributed by atoms with Crippen LogP contribution in [0.1, 0.15) is 13.8 Å². The van der Waals surface area contributed by atoms with Crippen LogP contribution in [0.3, 0.4) is 0 Å². The van der Waals surface area contributed by atoms with Gasteiger partial charge in [0.2, 0.25) is 10.0 Å². The van der Waals surface area contributed by atoms with Crippen molar-refractivity contribution in [1.29, 1.82) is 0 Å². The lowest BCUT2D eigenvalue weighted by Crippen LogP contribution is -2.30. The van der Waals surface area contributed by atoms with Gasteiger partial charge in [-0.1, -0.05) is 29.8 Å². The maximum Gasteiger partial charge on any atom is 0.223 e. The van der Waals surface area contributed by atoms with Gasteiger partial charge in [0.1, 0.15) is 4.66 Å². The zero-order chi connectivity index (χ0) is 9.07. The molecule has 3 nitrogen and oxygen atoms in total. The van der Waals surface area contributed by atoms with Crippen LogP contribution in [-0.4, -0.2) is 31.0 Å². The number of rotatable bonds is 4. The first kappa shape index (κ1) is 11.4. The van der Waals surface area contributed by atoms with Gasteiger partial charge < -0.3 is 0 Å². The molecule has 0 aliphatic carbocycles. The summed E-state index contributed by atoms with van der Waals surface area (Å²) in [6.45, 7) is 4.55. The van der Waals surface area contributed by atoms with E-state index in [-0.39, 0.29) is 4.66 Å². The summed E-state index contributed by atoms with van der Waals surface area (Å²) in [4.78, 5) is 0. The summed E-state index contributed by atoms with van der Waals surface area (Å²) in [5, 5.41) is 0. The normalized spacial score (nSPS) is 12.9. The molecule has 0 atom stereocenters. The maximum atomic E-state index is 11.1. The van der Waals surface area contributed by atoms with E-state index in [0.717, 1.165) is 0 Å². The van der Waals surface area contributed by atoms with Crippen molar-refractivity contribution in [3.63, 3.8) is 0 Å². The largest absolute Gasteiger partial charge is 0.223 e. The van der Waals surface area contributed by atoms with Crippen LogP contribution in [0.5, 0.6) is 0 Å². The van der Waals surface area contributed by atoms with Crippen molar-refractivity contribution in [3.8, 4) is 0 Å². The molecule has 0 aromatic carbocycles. The summed E-state index contributed by atoms with van der Waals surface area (Å²) in [6, 6.07) is 0. The molecule has 68 valence electrons. The standard InChI is InChI=1S/C6H14BrNO2S/c1-6(2)4-8(3)11(9,10)5-7/h6H,4-5H2,1-3H3. The molecular weight excluding hydrogens is 230 g/mol. The molecule has 0 saturated heterocycles. The zero-order valence-electron chi connectivity index (χ0n) is 7.04. The summed E-state index contributed by atoms with van der Waals surface area (Å²) < 4.78 is 23.6. The third-order valence-corrected chi connectivity index (χ3v) is 4.35. The Bertz CT molecular complexity index is 201. The van der Waals surface area contributed by atoms with Crippen molar-refractivity contribution < 1.29 is 8.42 Å². The molecule has 0 spiro atoms. The van der Waals surface area contributed by atoms with E-state index in [4.69, 9.17) is 0 Å². The van der Waals surface area contributed by atoms with Crippen molar-refractivity contribution in [2.24, 2.45) is 5.92 Å². The minimum absolute atomic E-state index is 0.00319. The predicted octanol–water partition coefficient (Wildman–Crippen LogP) is 1.26. The monoisotopic (exact) mass is 243 g/mol. The van der Waals surface area contributed by atoms with E-state index >= 15 is 0 Å². The lowest BCUT2D eigenvalue weighted by Gasteiger charge is -2.17. The molecule has 0 aliphatic rings. The molecule has 0 radical (unpaired) electrons. The van der Waals surface area contributed by atoms with Gasteiger partial charge in [0.25, 0.3) is 0 Å². The molecule has 0 fully saturated rings. The molecule has 0 N–H and O–H groups in total. The highest BCUT2D eigenvalue weighted by Crippen LogP contribution is 2.05. The molecule has 0 amide bonds. The minimum Gasteiger partial charge on any atom is -0.211 e. The van der Waals surface area contributed by atoms with E-state index < -0.39 is 10.0 Å². The SMILES string of the molecule is CC(C)CN(C)S(=O)(=O)CBr. The summed E-state index contributed by atoms with van der Waals surface area (Å²) >= 11 is 2.93. The van der Waals surface area contributed by atoms with Crippen LogP contribution in [0.15, 0.2) is 0 Å². The smallest absolute Gasteiger partial charge is 0.211 e. The fraction of sp³-hybridized carbons (Fsp3) is 1.00. The number of alkyl halides is 1. The van der Waals surface area contributed by atoms with E-state index in [1.54, 1.807) is 7.05 Å². The van der Waals surface area contributed by atoms with E-state index in [0.29, 0.717) is 12.5 Å². The summed E-state index contributed by atoms with van der Waals surface area (Å²) in [6.07, 6.45) is 0. The average Bonchev–Trinajstić information content (AvgIpc) is 1.86. The fourth-order valence-corrected chi connectivity index (χ4v) is 2.45. The zero-order valence-corrected chi connectivity index (χ0v) is 9.44. The summed E-state index contributed by atoms with van der Waals surface area (Å²) in [5.41, 5.74) is 0. The molecule has 0 aliphatic heterocycles. The average molecular weight is 244 g/mol. The van der Waals surface area contributed by atoms with Crippen LogP contribution >= 0.6 is 15.9 Å². The van der Waals surface area contributed by atoms with Gasteiger partial charge in [-0.3, -0.25) is 0 Å². The minimum atomic E-state index is -3.04. The van der Waals surface area contributed by atoms with E-state index in [1.807, 2.05) is 13.8 Å². The van der Waals surface area contributed by atoms with Crippen LogP contribution < -0.4 is 0 Å². The van der Waals surface area contributed by atoms with Crippen molar-refractivity contribution in [2.45, 2.75) is 13.8 Å². The lowest BCUT2D eigenvalue weighted by molar-refractivity contribution is 0.420. The molecule has 0 heterocycles. The van der Waals surface area contributed by atoms with Gasteiger partial charge in [-0.05, 0) is 5.92 Å². The molecule has 11 heavy (non-hydrogen) atoms. The number of sulfonamides is 1. The Morgan fingerprint density at radius 1 is 1.45 bits per heavy atom. The number of nitrogens with zero attached hydrogens (tertiary/aromatic N) is 1. The van der Waals surface area contributed by atoms with Crippen molar-refractivity contribution in [3.05, 3.63) is 0 Å². The molecule has 0 aromatic rings. The van der Waals surface area contributed by atoms with E-state index in [1.165, 1.54) is 4.31 Å². The lowest BCUT2D eigenvalue weighted by atomic mass is 10.2. The molecule has 5 heteroatoms. The van der Waals surface area contributed by atoms with Crippen molar-refractivity contribution >= 4 is 26.0 Å². The Kier molecular flexibility index (Phi) is 4.58. The van der Waals surface area contributed by atoms with Crippen LogP contribution in [0, 0.1) is 5.92 Å². The quantitative estimate of drug-likeness (QED) is 0.698. The Balaban J connectivity index is 4.14. The number of hydrogen-bond acceptors (Lipinski definition) is 2. The van der Waals surface area contributed by atoms with Gasteiger partial charge in [0.05, 0.1) is 0 Å². The van der Waals surface area contributed by atoms with Gasteiger partial charge >= 0.3 is 0 Å². The maximum absolute atomic E-state index is 11.1. The van der Waals surface area contributed by atoms with Crippen LogP contribution in [0.2, 0.25) is 0 Å². The topological polar surface area (TPSA) is 37.4 Å². The van der Waals surface area contributed by atoms with Gasteiger partial charge in [-0.2, -0.15) is 0 Å². The fourth-order valence-electron chi connectivity index (χ4n) is 0.711. The van der Waals surface area contributed by atoms with E-state index in [9.17, 15) is 8.42 Å². The Hall–Kier alpha value is 0.390. The van der Waals surface area contributed by atoms with E-state index in [2.05, 4.69) is 15.9 Å². The predicted molar refractivity (Wildman–Crippen MR) is 50.2 cm³/mol. The Labute approximate surface area is 77.0 Å². The molecule has 0 aromatic heterocycles. The molecule has 0 saturated carbocycles. The van der Waals surface area contributed by atoms with Gasteiger partial charge in [0.15, 0.2) is 0 Å². The van der Waals surface area contributed by atoms with Gasteiger partial charge in [-0.15, -0.1) is 0 Å². The second kappa shape index (κ2) is 4.42.